The number of hydrogen-bond donors (Lipinski definition) is 0. The highest BCUT2D eigenvalue weighted by Crippen LogP contribution is 2.62. The van der Waals surface area contributed by atoms with E-state index in [0.29, 0.717) is 17.5 Å². The SMILES string of the molecule is c1ccc(-c2nc(-c3cccc(-c4ccc5c(c4)-c4ccccc4C54c5ccccc5-c5ccccc54)c3)nc(-c3ccccc3-c3ccccc3)n2)cc1. The van der Waals surface area contributed by atoms with Crippen LogP contribution in [-0.2, 0) is 5.41 Å². The Bertz CT molecular complexity index is 2890. The predicted molar refractivity (Wildman–Crippen MR) is 223 cm³/mol. The summed E-state index contributed by atoms with van der Waals surface area (Å²) in [5.74, 6) is 1.92. The van der Waals surface area contributed by atoms with Crippen molar-refractivity contribution in [1.82, 2.24) is 15.0 Å². The van der Waals surface area contributed by atoms with E-state index < -0.39 is 0 Å². The van der Waals surface area contributed by atoms with Gasteiger partial charge in [-0.05, 0) is 78.9 Å². The van der Waals surface area contributed by atoms with Gasteiger partial charge in [-0.3, -0.25) is 0 Å². The number of rotatable bonds is 5. The molecule has 2 aliphatic carbocycles. The van der Waals surface area contributed by atoms with E-state index in [0.717, 1.165) is 38.9 Å². The lowest BCUT2D eigenvalue weighted by molar-refractivity contribution is 0.794. The first-order valence-corrected chi connectivity index (χ1v) is 18.8. The molecule has 0 bridgehead atoms. The third-order valence-corrected chi connectivity index (χ3v) is 11.4. The molecule has 1 spiro atoms. The smallest absolute Gasteiger partial charge is 0.164 e. The van der Waals surface area contributed by atoms with Gasteiger partial charge in [0.05, 0.1) is 5.41 Å². The molecule has 0 unspecified atom stereocenters. The minimum absolute atomic E-state index is 0.356. The van der Waals surface area contributed by atoms with Crippen molar-refractivity contribution in [2.24, 2.45) is 0 Å². The summed E-state index contributed by atoms with van der Waals surface area (Å²) in [5.41, 5.74) is 17.5. The lowest BCUT2D eigenvalue weighted by atomic mass is 9.70. The molecule has 0 aliphatic heterocycles. The number of nitrogens with zero attached hydrogens (tertiary/aromatic N) is 3. The number of fused-ring (bicyclic) bond motifs is 10. The van der Waals surface area contributed by atoms with Crippen LogP contribution < -0.4 is 0 Å². The Kier molecular flexibility index (Phi) is 7.08. The average molecular weight is 700 g/mol. The van der Waals surface area contributed by atoms with Crippen molar-refractivity contribution >= 4 is 0 Å². The molecule has 8 aromatic carbocycles. The van der Waals surface area contributed by atoms with Gasteiger partial charge in [0, 0.05) is 16.7 Å². The van der Waals surface area contributed by atoms with Crippen LogP contribution in [0, 0.1) is 0 Å². The van der Waals surface area contributed by atoms with Gasteiger partial charge < -0.3 is 0 Å². The molecule has 0 N–H and O–H groups in total. The lowest BCUT2D eigenvalue weighted by Gasteiger charge is -2.30. The van der Waals surface area contributed by atoms with E-state index in [-0.39, 0.29) is 5.41 Å². The van der Waals surface area contributed by atoms with E-state index in [2.05, 4.69) is 170 Å². The first kappa shape index (κ1) is 31.3. The predicted octanol–water partition coefficient (Wildman–Crippen LogP) is 12.6. The van der Waals surface area contributed by atoms with E-state index in [1.165, 1.54) is 44.5 Å². The minimum atomic E-state index is -0.356. The number of benzene rings is 8. The van der Waals surface area contributed by atoms with Gasteiger partial charge in [0.15, 0.2) is 17.5 Å². The second-order valence-corrected chi connectivity index (χ2v) is 14.3. The highest BCUT2D eigenvalue weighted by atomic mass is 15.0. The van der Waals surface area contributed by atoms with Crippen molar-refractivity contribution in [1.29, 1.82) is 0 Å². The van der Waals surface area contributed by atoms with E-state index in [1.54, 1.807) is 0 Å². The molecule has 0 saturated carbocycles. The fraction of sp³-hybridized carbons (Fsp3) is 0.0192. The fourth-order valence-corrected chi connectivity index (χ4v) is 9.01. The molecule has 0 amide bonds. The van der Waals surface area contributed by atoms with Crippen LogP contribution in [0.1, 0.15) is 22.3 Å². The van der Waals surface area contributed by atoms with E-state index in [9.17, 15) is 0 Å². The minimum Gasteiger partial charge on any atom is -0.208 e. The maximum Gasteiger partial charge on any atom is 0.164 e. The van der Waals surface area contributed by atoms with Gasteiger partial charge in [-0.2, -0.15) is 0 Å². The highest BCUT2D eigenvalue weighted by Gasteiger charge is 2.51. The van der Waals surface area contributed by atoms with Crippen molar-refractivity contribution in [3.05, 3.63) is 222 Å². The molecule has 0 fully saturated rings. The molecular weight excluding hydrogens is 667 g/mol. The molecule has 11 rings (SSSR count). The van der Waals surface area contributed by atoms with Crippen molar-refractivity contribution < 1.29 is 0 Å². The van der Waals surface area contributed by atoms with Crippen LogP contribution in [0.4, 0.5) is 0 Å². The van der Waals surface area contributed by atoms with Gasteiger partial charge in [-0.1, -0.05) is 188 Å². The monoisotopic (exact) mass is 699 g/mol. The summed E-state index contributed by atoms with van der Waals surface area (Å²) in [5, 5.41) is 0. The van der Waals surface area contributed by atoms with Crippen molar-refractivity contribution in [2.75, 3.05) is 0 Å². The highest BCUT2D eigenvalue weighted by molar-refractivity contribution is 5.96. The topological polar surface area (TPSA) is 38.7 Å². The Morgan fingerprint density at radius 3 is 1.29 bits per heavy atom. The molecule has 256 valence electrons. The summed E-state index contributed by atoms with van der Waals surface area (Å²) in [6, 6.07) is 71.5. The normalized spacial score (nSPS) is 12.9. The molecule has 3 nitrogen and oxygen atoms in total. The molecule has 0 saturated heterocycles. The van der Waals surface area contributed by atoms with Crippen molar-refractivity contribution in [3.63, 3.8) is 0 Å². The van der Waals surface area contributed by atoms with Gasteiger partial charge in [0.2, 0.25) is 0 Å². The zero-order valence-electron chi connectivity index (χ0n) is 29.9. The van der Waals surface area contributed by atoms with Gasteiger partial charge >= 0.3 is 0 Å². The molecule has 9 aromatic rings. The van der Waals surface area contributed by atoms with Crippen LogP contribution in [0.15, 0.2) is 200 Å². The lowest BCUT2D eigenvalue weighted by Crippen LogP contribution is -2.25. The van der Waals surface area contributed by atoms with Crippen molar-refractivity contribution in [2.45, 2.75) is 5.41 Å². The third-order valence-electron chi connectivity index (χ3n) is 11.4. The second kappa shape index (κ2) is 12.4. The summed E-state index contributed by atoms with van der Waals surface area (Å²) >= 11 is 0. The van der Waals surface area contributed by atoms with Gasteiger partial charge in [0.1, 0.15) is 0 Å². The van der Waals surface area contributed by atoms with Crippen LogP contribution in [0.25, 0.3) is 78.7 Å². The fourth-order valence-electron chi connectivity index (χ4n) is 9.01. The van der Waals surface area contributed by atoms with E-state index >= 15 is 0 Å². The summed E-state index contributed by atoms with van der Waals surface area (Å²) in [6.07, 6.45) is 0. The Balaban J connectivity index is 1.06. The molecular formula is C52H33N3. The van der Waals surface area contributed by atoms with E-state index in [4.69, 9.17) is 15.0 Å². The number of aromatic nitrogens is 3. The quantitative estimate of drug-likeness (QED) is 0.179. The van der Waals surface area contributed by atoms with Crippen LogP contribution in [0.5, 0.6) is 0 Å². The zero-order chi connectivity index (χ0) is 36.3. The zero-order valence-corrected chi connectivity index (χ0v) is 29.9. The maximum atomic E-state index is 5.18. The van der Waals surface area contributed by atoms with Gasteiger partial charge in [0.25, 0.3) is 0 Å². The molecule has 3 heteroatoms. The average Bonchev–Trinajstić information content (AvgIpc) is 3.74. The Labute approximate surface area is 320 Å². The summed E-state index contributed by atoms with van der Waals surface area (Å²) in [6.45, 7) is 0. The molecule has 55 heavy (non-hydrogen) atoms. The summed E-state index contributed by atoms with van der Waals surface area (Å²) < 4.78 is 0. The standard InChI is InChI=1S/C52H33N3/c1-3-16-34(17-4-1)39-22-7-8-26-43(39)51-54-49(35-18-5-2-6-19-35)53-50(55-51)38-21-15-20-36(32-38)37-30-31-48-44(33-37)42-25-11-14-29-47(42)52(48)45-27-12-9-23-40(45)41-24-10-13-28-46(41)52/h1-33H. The molecule has 1 heterocycles. The Morgan fingerprint density at radius 2 is 0.655 bits per heavy atom. The second-order valence-electron chi connectivity index (χ2n) is 14.3. The van der Waals surface area contributed by atoms with Crippen LogP contribution in [-0.4, -0.2) is 15.0 Å². The first-order chi connectivity index (χ1) is 27.3. The van der Waals surface area contributed by atoms with Crippen LogP contribution in [0.2, 0.25) is 0 Å². The molecule has 1 aromatic heterocycles. The van der Waals surface area contributed by atoms with Gasteiger partial charge in [-0.25, -0.2) is 15.0 Å². The Morgan fingerprint density at radius 1 is 0.236 bits per heavy atom. The summed E-state index contributed by atoms with van der Waals surface area (Å²) in [7, 11) is 0. The van der Waals surface area contributed by atoms with Crippen LogP contribution in [0.3, 0.4) is 0 Å². The van der Waals surface area contributed by atoms with Crippen molar-refractivity contribution in [3.8, 4) is 78.7 Å². The molecule has 2 aliphatic rings. The van der Waals surface area contributed by atoms with Crippen LogP contribution >= 0.6 is 0 Å². The van der Waals surface area contributed by atoms with E-state index in [1.807, 2.05) is 30.3 Å². The number of hydrogen-bond acceptors (Lipinski definition) is 3. The van der Waals surface area contributed by atoms with Gasteiger partial charge in [-0.15, -0.1) is 0 Å². The largest absolute Gasteiger partial charge is 0.208 e. The maximum absolute atomic E-state index is 5.18. The summed E-state index contributed by atoms with van der Waals surface area (Å²) in [4.78, 5) is 15.3. The molecule has 0 radical (unpaired) electrons. The molecule has 0 atom stereocenters. The Hall–Kier alpha value is -7.23. The first-order valence-electron chi connectivity index (χ1n) is 18.8. The third kappa shape index (κ3) is 4.80.